The lowest BCUT2D eigenvalue weighted by atomic mass is 9.91. The van der Waals surface area contributed by atoms with Gasteiger partial charge in [-0.05, 0) is 44.2 Å². The van der Waals surface area contributed by atoms with E-state index in [1.165, 1.54) is 0 Å². The number of hydrogen-bond acceptors (Lipinski definition) is 6. The van der Waals surface area contributed by atoms with Crippen molar-refractivity contribution in [3.63, 3.8) is 0 Å². The van der Waals surface area contributed by atoms with Crippen LogP contribution in [-0.4, -0.2) is 39.9 Å². The fourth-order valence-corrected chi connectivity index (χ4v) is 3.95. The van der Waals surface area contributed by atoms with Crippen molar-refractivity contribution in [2.75, 3.05) is 12.4 Å². The Kier molecular flexibility index (Phi) is 7.20. The van der Waals surface area contributed by atoms with Crippen molar-refractivity contribution in [1.82, 2.24) is 15.3 Å². The van der Waals surface area contributed by atoms with E-state index in [-0.39, 0.29) is 12.0 Å². The number of rotatable bonds is 6. The number of alkyl halides is 6. The molecular weight excluding hydrogens is 482 g/mol. The average Bonchev–Trinajstić information content (AvgIpc) is 3.29. The first-order valence-corrected chi connectivity index (χ1v) is 10.3. The van der Waals surface area contributed by atoms with Crippen LogP contribution in [0.5, 0.6) is 0 Å². The Morgan fingerprint density at radius 1 is 1.06 bits per heavy atom. The zero-order valence-electron chi connectivity index (χ0n) is 18.2. The van der Waals surface area contributed by atoms with Crippen molar-refractivity contribution in [1.29, 1.82) is 0 Å². The quantitative estimate of drug-likeness (QED) is 0.133. The maximum Gasteiger partial charge on any atom is 0.433 e. The first kappa shape index (κ1) is 26.1. The lowest BCUT2D eigenvalue weighted by Gasteiger charge is -2.28. The topological polar surface area (TPSA) is 104 Å². The molecule has 0 spiro atoms. The Morgan fingerprint density at radius 2 is 1.71 bits per heavy atom. The van der Waals surface area contributed by atoms with Gasteiger partial charge in [0.25, 0.3) is 5.91 Å². The molecule has 3 N–H and O–H groups in total. The number of amides is 1. The third kappa shape index (κ3) is 5.45. The molecule has 3 rings (SSSR count). The molecule has 35 heavy (non-hydrogen) atoms. The number of aliphatic hydroxyl groups excluding tert-OH is 1. The van der Waals surface area contributed by atoms with Crippen LogP contribution in [0.3, 0.4) is 0 Å². The number of hydrogen-bond donors (Lipinski definition) is 3. The van der Waals surface area contributed by atoms with Crippen molar-refractivity contribution in [2.24, 2.45) is 0 Å². The molecule has 1 aromatic carbocycles. The second-order valence-corrected chi connectivity index (χ2v) is 7.92. The van der Waals surface area contributed by atoms with Crippen LogP contribution in [0.15, 0.2) is 41.9 Å². The van der Waals surface area contributed by atoms with Gasteiger partial charge in [0.05, 0.1) is 22.5 Å². The summed E-state index contributed by atoms with van der Waals surface area (Å²) < 4.78 is 79.2. The molecule has 1 heterocycles. The minimum Gasteiger partial charge on any atom is -0.509 e. The van der Waals surface area contributed by atoms with Crippen LogP contribution in [0.25, 0.3) is 11.3 Å². The standard InChI is InChI=1S/C22H20F6N4O3/c1-29-20(6-2-3-7-20)18(34)14(10-33)19(35)32-15-5-4-12(21(23,24)25)8-13(15)16-9-17(22(26,27)28)31-11-30-16/h4-5,8-11,29,34H,2-3,6-7H2,1H3,(H,32,35)/b18-14-. The van der Waals surface area contributed by atoms with Gasteiger partial charge in [0.1, 0.15) is 23.4 Å². The second kappa shape index (κ2) is 9.64. The van der Waals surface area contributed by atoms with Gasteiger partial charge in [-0.3, -0.25) is 9.59 Å². The van der Waals surface area contributed by atoms with Gasteiger partial charge in [0.15, 0.2) is 6.29 Å². The minimum atomic E-state index is -4.90. The van der Waals surface area contributed by atoms with Gasteiger partial charge in [-0.25, -0.2) is 9.97 Å². The second-order valence-electron chi connectivity index (χ2n) is 7.92. The van der Waals surface area contributed by atoms with E-state index in [1.54, 1.807) is 7.05 Å². The van der Waals surface area contributed by atoms with Crippen molar-refractivity contribution in [3.8, 4) is 11.3 Å². The van der Waals surface area contributed by atoms with Gasteiger partial charge in [-0.15, -0.1) is 0 Å². The molecule has 0 unspecified atom stereocenters. The number of anilines is 1. The van der Waals surface area contributed by atoms with Crippen LogP contribution in [0.4, 0.5) is 32.0 Å². The molecule has 13 heteroatoms. The molecule has 188 valence electrons. The van der Waals surface area contributed by atoms with E-state index >= 15 is 0 Å². The first-order chi connectivity index (χ1) is 16.3. The van der Waals surface area contributed by atoms with E-state index in [2.05, 4.69) is 20.6 Å². The highest BCUT2D eigenvalue weighted by molar-refractivity contribution is 6.17. The Morgan fingerprint density at radius 3 is 2.26 bits per heavy atom. The number of nitrogens with zero attached hydrogens (tertiary/aromatic N) is 2. The first-order valence-electron chi connectivity index (χ1n) is 10.3. The zero-order chi connectivity index (χ0) is 26.0. The molecule has 1 aliphatic carbocycles. The largest absolute Gasteiger partial charge is 0.509 e. The average molecular weight is 502 g/mol. The van der Waals surface area contributed by atoms with Crippen molar-refractivity contribution >= 4 is 17.9 Å². The van der Waals surface area contributed by atoms with E-state index < -0.39 is 57.6 Å². The van der Waals surface area contributed by atoms with Gasteiger partial charge < -0.3 is 15.7 Å². The molecular formula is C22H20F6N4O3. The summed E-state index contributed by atoms with van der Waals surface area (Å²) in [6, 6.07) is 2.40. The van der Waals surface area contributed by atoms with E-state index in [9.17, 15) is 41.0 Å². The van der Waals surface area contributed by atoms with Crippen LogP contribution in [0.2, 0.25) is 0 Å². The number of nitrogens with one attached hydrogen (secondary N) is 2. The summed E-state index contributed by atoms with van der Waals surface area (Å²) >= 11 is 0. The third-order valence-corrected chi connectivity index (χ3v) is 5.84. The molecule has 1 aromatic heterocycles. The lowest BCUT2D eigenvalue weighted by molar-refractivity contribution is -0.141. The monoisotopic (exact) mass is 502 g/mol. The van der Waals surface area contributed by atoms with E-state index in [0.29, 0.717) is 37.4 Å². The predicted octanol–water partition coefficient (Wildman–Crippen LogP) is 4.66. The smallest absolute Gasteiger partial charge is 0.433 e. The molecule has 0 saturated heterocycles. The molecule has 1 saturated carbocycles. The molecule has 1 fully saturated rings. The number of likely N-dealkylation sites (N-methyl/N-ethyl adjacent to an activating group) is 1. The molecule has 0 bridgehead atoms. The summed E-state index contributed by atoms with van der Waals surface area (Å²) in [6.45, 7) is 0. The van der Waals surface area contributed by atoms with Crippen LogP contribution in [0, 0.1) is 0 Å². The van der Waals surface area contributed by atoms with Gasteiger partial charge in [0.2, 0.25) is 0 Å². The van der Waals surface area contributed by atoms with Crippen LogP contribution in [0.1, 0.15) is 36.9 Å². The molecule has 7 nitrogen and oxygen atoms in total. The molecule has 1 aliphatic rings. The maximum absolute atomic E-state index is 13.3. The highest BCUT2D eigenvalue weighted by atomic mass is 19.4. The minimum absolute atomic E-state index is 0.109. The van der Waals surface area contributed by atoms with Gasteiger partial charge in [-0.1, -0.05) is 12.8 Å². The fraction of sp³-hybridized carbons (Fsp3) is 0.364. The van der Waals surface area contributed by atoms with Crippen molar-refractivity contribution in [2.45, 2.75) is 43.6 Å². The van der Waals surface area contributed by atoms with Crippen LogP contribution < -0.4 is 10.6 Å². The highest BCUT2D eigenvalue weighted by Crippen LogP contribution is 2.38. The summed E-state index contributed by atoms with van der Waals surface area (Å²) in [7, 11) is 1.54. The summed E-state index contributed by atoms with van der Waals surface area (Å²) in [4.78, 5) is 31.3. The van der Waals surface area contributed by atoms with E-state index in [1.807, 2.05) is 0 Å². The molecule has 2 aromatic rings. The number of aliphatic hydroxyl groups is 1. The summed E-state index contributed by atoms with van der Waals surface area (Å²) in [5.74, 6) is -1.68. The molecule has 0 atom stereocenters. The number of halogens is 6. The highest BCUT2D eigenvalue weighted by Gasteiger charge is 2.40. The van der Waals surface area contributed by atoms with Gasteiger partial charge >= 0.3 is 12.4 Å². The molecule has 0 aliphatic heterocycles. The summed E-state index contributed by atoms with van der Waals surface area (Å²) in [5.41, 5.74) is -5.68. The normalized spacial score (nSPS) is 16.5. The predicted molar refractivity (Wildman–Crippen MR) is 112 cm³/mol. The van der Waals surface area contributed by atoms with Crippen LogP contribution >= 0.6 is 0 Å². The van der Waals surface area contributed by atoms with E-state index in [4.69, 9.17) is 0 Å². The van der Waals surface area contributed by atoms with Crippen LogP contribution in [-0.2, 0) is 21.9 Å². The van der Waals surface area contributed by atoms with Gasteiger partial charge in [-0.2, -0.15) is 26.3 Å². The SMILES string of the molecule is CNC1(/C(O)=C(\C=O)C(=O)Nc2ccc(C(F)(F)F)cc2-c2cc(C(F)(F)F)ncn2)CCCC1. The third-order valence-electron chi connectivity index (χ3n) is 5.84. The number of carbonyl (C=O) groups excluding carboxylic acids is 2. The Hall–Kier alpha value is -3.48. The maximum atomic E-state index is 13.3. The van der Waals surface area contributed by atoms with E-state index in [0.717, 1.165) is 18.9 Å². The zero-order valence-corrected chi connectivity index (χ0v) is 18.2. The lowest BCUT2D eigenvalue weighted by Crippen LogP contribution is -2.43. The Bertz CT molecular complexity index is 1150. The number of benzene rings is 1. The Labute approximate surface area is 195 Å². The number of aldehydes is 1. The number of carbonyl (C=O) groups is 2. The summed E-state index contributed by atoms with van der Waals surface area (Å²) in [5, 5.41) is 15.8. The number of aromatic nitrogens is 2. The van der Waals surface area contributed by atoms with Crippen molar-refractivity contribution in [3.05, 3.63) is 53.2 Å². The van der Waals surface area contributed by atoms with Crippen molar-refractivity contribution < 1.29 is 41.0 Å². The molecule has 1 amide bonds. The summed E-state index contributed by atoms with van der Waals surface area (Å²) in [6.07, 6.45) is -6.79. The van der Waals surface area contributed by atoms with Gasteiger partial charge in [0, 0.05) is 5.56 Å². The fourth-order valence-electron chi connectivity index (χ4n) is 3.95. The Balaban J connectivity index is 2.09. The molecule has 0 radical (unpaired) electrons.